The molecule has 140 valence electrons. The smallest absolute Gasteiger partial charge is 0.323 e. The van der Waals surface area contributed by atoms with E-state index in [0.717, 1.165) is 45.6 Å². The van der Waals surface area contributed by atoms with Crippen LogP contribution in [-0.2, 0) is 11.3 Å². The van der Waals surface area contributed by atoms with Gasteiger partial charge in [-0.2, -0.15) is 0 Å². The number of carbonyl (C=O) groups is 2. The van der Waals surface area contributed by atoms with E-state index in [0.29, 0.717) is 12.6 Å². The number of hydrogen-bond acceptors (Lipinski definition) is 2. The SMILES string of the molecule is Cc1cccc(C[NH+]2CC[NH+](CN3C(=O)N[C@](C)(C4CC4)C3=O)CC2)c1. The van der Waals surface area contributed by atoms with Gasteiger partial charge in [-0.1, -0.05) is 29.8 Å². The van der Waals surface area contributed by atoms with Crippen LogP contribution < -0.4 is 15.1 Å². The molecule has 0 unspecified atom stereocenters. The maximum atomic E-state index is 12.8. The predicted molar refractivity (Wildman–Crippen MR) is 97.7 cm³/mol. The number of rotatable bonds is 5. The van der Waals surface area contributed by atoms with Crippen molar-refractivity contribution in [2.24, 2.45) is 5.92 Å². The van der Waals surface area contributed by atoms with E-state index in [9.17, 15) is 9.59 Å². The Kier molecular flexibility index (Phi) is 4.49. The molecule has 3 fully saturated rings. The number of nitrogens with one attached hydrogen (secondary N) is 3. The number of imide groups is 1. The molecular formula is C20H30N4O2+2. The molecule has 2 saturated heterocycles. The van der Waals surface area contributed by atoms with Crippen LogP contribution in [0.4, 0.5) is 4.79 Å². The summed E-state index contributed by atoms with van der Waals surface area (Å²) in [5.41, 5.74) is 2.04. The quantitative estimate of drug-likeness (QED) is 0.589. The van der Waals surface area contributed by atoms with Crippen LogP contribution in [0, 0.1) is 12.8 Å². The highest BCUT2D eigenvalue weighted by atomic mass is 16.2. The van der Waals surface area contributed by atoms with Crippen molar-refractivity contribution in [2.45, 2.75) is 38.8 Å². The highest BCUT2D eigenvalue weighted by Crippen LogP contribution is 2.42. The Morgan fingerprint density at radius 2 is 1.85 bits per heavy atom. The first-order chi connectivity index (χ1) is 12.5. The summed E-state index contributed by atoms with van der Waals surface area (Å²) in [5, 5.41) is 2.95. The van der Waals surface area contributed by atoms with Gasteiger partial charge in [0, 0.05) is 5.56 Å². The normalized spacial score (nSPS) is 32.0. The van der Waals surface area contributed by atoms with Gasteiger partial charge in [-0.05, 0) is 32.6 Å². The van der Waals surface area contributed by atoms with Crippen LogP contribution in [0.15, 0.2) is 24.3 Å². The number of urea groups is 1. The highest BCUT2D eigenvalue weighted by Gasteiger charge is 2.56. The number of piperazine rings is 1. The molecule has 1 aromatic carbocycles. The van der Waals surface area contributed by atoms with Gasteiger partial charge in [0.2, 0.25) is 0 Å². The Labute approximate surface area is 155 Å². The topological polar surface area (TPSA) is 58.3 Å². The summed E-state index contributed by atoms with van der Waals surface area (Å²) in [6.45, 7) is 9.73. The molecule has 4 rings (SSSR count). The Morgan fingerprint density at radius 1 is 1.15 bits per heavy atom. The Morgan fingerprint density at radius 3 is 2.50 bits per heavy atom. The third-order valence-electron chi connectivity index (χ3n) is 6.28. The minimum Gasteiger partial charge on any atom is -0.323 e. The first kappa shape index (κ1) is 17.5. The van der Waals surface area contributed by atoms with Crippen molar-refractivity contribution in [1.82, 2.24) is 10.2 Å². The minimum absolute atomic E-state index is 0.0213. The van der Waals surface area contributed by atoms with Crippen molar-refractivity contribution >= 4 is 11.9 Å². The summed E-state index contributed by atoms with van der Waals surface area (Å²) >= 11 is 0. The van der Waals surface area contributed by atoms with E-state index in [1.807, 2.05) is 6.92 Å². The summed E-state index contributed by atoms with van der Waals surface area (Å²) in [6, 6.07) is 8.52. The number of hydrogen-bond donors (Lipinski definition) is 3. The highest BCUT2D eigenvalue weighted by molar-refractivity contribution is 6.07. The lowest BCUT2D eigenvalue weighted by atomic mass is 9.96. The molecule has 0 bridgehead atoms. The molecule has 1 saturated carbocycles. The molecule has 6 heteroatoms. The van der Waals surface area contributed by atoms with E-state index >= 15 is 0 Å². The fourth-order valence-electron chi connectivity index (χ4n) is 4.42. The van der Waals surface area contributed by atoms with Crippen LogP contribution in [-0.4, -0.2) is 55.2 Å². The van der Waals surface area contributed by atoms with Gasteiger partial charge in [0.25, 0.3) is 5.91 Å². The fourth-order valence-corrected chi connectivity index (χ4v) is 4.42. The predicted octanol–water partition coefficient (Wildman–Crippen LogP) is -1.04. The molecule has 0 spiro atoms. The first-order valence-electron chi connectivity index (χ1n) is 9.82. The third kappa shape index (κ3) is 3.35. The number of quaternary nitrogens is 2. The van der Waals surface area contributed by atoms with E-state index in [1.54, 1.807) is 4.90 Å². The van der Waals surface area contributed by atoms with Crippen molar-refractivity contribution in [2.75, 3.05) is 32.8 Å². The van der Waals surface area contributed by atoms with Gasteiger partial charge in [0.1, 0.15) is 38.3 Å². The minimum atomic E-state index is -0.658. The van der Waals surface area contributed by atoms with E-state index in [4.69, 9.17) is 0 Å². The molecule has 1 aliphatic carbocycles. The number of nitrogens with zero attached hydrogens (tertiary/aromatic N) is 1. The zero-order chi connectivity index (χ0) is 18.3. The summed E-state index contributed by atoms with van der Waals surface area (Å²) in [7, 11) is 0. The van der Waals surface area contributed by atoms with Crippen LogP contribution in [0.25, 0.3) is 0 Å². The third-order valence-corrected chi connectivity index (χ3v) is 6.28. The van der Waals surface area contributed by atoms with Gasteiger partial charge in [-0.3, -0.25) is 4.79 Å². The molecule has 26 heavy (non-hydrogen) atoms. The Hall–Kier alpha value is -1.92. The number of aryl methyl sites for hydroxylation is 1. The lowest BCUT2D eigenvalue weighted by molar-refractivity contribution is -1.02. The summed E-state index contributed by atoms with van der Waals surface area (Å²) < 4.78 is 0. The second-order valence-electron chi connectivity index (χ2n) is 8.46. The summed E-state index contributed by atoms with van der Waals surface area (Å²) in [6.07, 6.45) is 2.09. The van der Waals surface area contributed by atoms with Crippen LogP contribution in [0.3, 0.4) is 0 Å². The van der Waals surface area contributed by atoms with Crippen LogP contribution in [0.1, 0.15) is 30.9 Å². The second kappa shape index (κ2) is 6.67. The first-order valence-corrected chi connectivity index (χ1v) is 9.82. The van der Waals surface area contributed by atoms with Crippen molar-refractivity contribution in [3.8, 4) is 0 Å². The van der Waals surface area contributed by atoms with Gasteiger partial charge in [-0.25, -0.2) is 9.69 Å². The number of benzene rings is 1. The number of amides is 3. The van der Waals surface area contributed by atoms with Crippen molar-refractivity contribution in [3.63, 3.8) is 0 Å². The van der Waals surface area contributed by atoms with E-state index in [1.165, 1.54) is 20.9 Å². The molecule has 2 aliphatic heterocycles. The average molecular weight is 358 g/mol. The Bertz CT molecular complexity index is 710. The molecule has 3 amide bonds. The number of carbonyl (C=O) groups excluding carboxylic acids is 2. The van der Waals surface area contributed by atoms with Gasteiger partial charge in [0.15, 0.2) is 6.67 Å². The van der Waals surface area contributed by atoms with E-state index < -0.39 is 5.54 Å². The molecule has 0 radical (unpaired) electrons. The maximum absolute atomic E-state index is 12.8. The van der Waals surface area contributed by atoms with Crippen molar-refractivity contribution in [1.29, 1.82) is 0 Å². The van der Waals surface area contributed by atoms with Crippen LogP contribution >= 0.6 is 0 Å². The summed E-state index contributed by atoms with van der Waals surface area (Å²) in [5.74, 6) is 0.307. The van der Waals surface area contributed by atoms with E-state index in [2.05, 4.69) is 36.5 Å². The molecule has 2 heterocycles. The van der Waals surface area contributed by atoms with Crippen molar-refractivity contribution in [3.05, 3.63) is 35.4 Å². The lowest BCUT2D eigenvalue weighted by Crippen LogP contribution is -3.28. The Balaban J connectivity index is 1.30. The van der Waals surface area contributed by atoms with Gasteiger partial charge in [-0.15, -0.1) is 0 Å². The standard InChI is InChI=1S/C20H28N4O2/c1-15-4-3-5-16(12-15)13-22-8-10-23(11-9-22)14-24-18(25)20(2,17-6-7-17)21-19(24)26/h3-5,12,17H,6-11,13-14H2,1-2H3,(H,21,26)/p+2/t20-/m1/s1. The van der Waals surface area contributed by atoms with Crippen LogP contribution in [0.2, 0.25) is 0 Å². The van der Waals surface area contributed by atoms with Gasteiger partial charge >= 0.3 is 6.03 Å². The lowest BCUT2D eigenvalue weighted by Gasteiger charge is -2.31. The van der Waals surface area contributed by atoms with Gasteiger partial charge in [0.05, 0.1) is 0 Å². The molecule has 1 atom stereocenters. The molecular weight excluding hydrogens is 328 g/mol. The van der Waals surface area contributed by atoms with Crippen molar-refractivity contribution < 1.29 is 19.4 Å². The fraction of sp³-hybridized carbons (Fsp3) is 0.600. The monoisotopic (exact) mass is 358 g/mol. The van der Waals surface area contributed by atoms with Gasteiger partial charge < -0.3 is 15.1 Å². The largest absolute Gasteiger partial charge is 0.329 e. The molecule has 3 aliphatic rings. The zero-order valence-corrected chi connectivity index (χ0v) is 15.8. The van der Waals surface area contributed by atoms with Crippen LogP contribution in [0.5, 0.6) is 0 Å². The summed E-state index contributed by atoms with van der Waals surface area (Å²) in [4.78, 5) is 29.4. The zero-order valence-electron chi connectivity index (χ0n) is 15.8. The molecule has 6 nitrogen and oxygen atoms in total. The molecule has 1 aromatic rings. The molecule has 0 aromatic heterocycles. The molecule has 3 N–H and O–H groups in total. The maximum Gasteiger partial charge on any atom is 0.329 e. The van der Waals surface area contributed by atoms with E-state index in [-0.39, 0.29) is 11.9 Å². The average Bonchev–Trinajstić information content (AvgIpc) is 3.43. The second-order valence-corrected chi connectivity index (χ2v) is 8.46.